The Bertz CT molecular complexity index is 346. The Morgan fingerprint density at radius 3 is 2.53 bits per heavy atom. The van der Waals surface area contributed by atoms with E-state index in [4.69, 9.17) is 0 Å². The standard InChI is InChI=1S/C9H10F2N2O2/c1-6(14)7-3-13-8(4-12-7)15-5-9(2,10)11/h3-4H,5H2,1-2H3. The van der Waals surface area contributed by atoms with Crippen molar-refractivity contribution < 1.29 is 18.3 Å². The molecule has 82 valence electrons. The van der Waals surface area contributed by atoms with Gasteiger partial charge >= 0.3 is 0 Å². The van der Waals surface area contributed by atoms with Gasteiger partial charge < -0.3 is 4.74 Å². The third kappa shape index (κ3) is 3.97. The maximum absolute atomic E-state index is 12.4. The van der Waals surface area contributed by atoms with Crippen LogP contribution in [0.4, 0.5) is 8.78 Å². The topological polar surface area (TPSA) is 52.1 Å². The molecule has 0 atom stereocenters. The molecular weight excluding hydrogens is 206 g/mol. The highest BCUT2D eigenvalue weighted by Crippen LogP contribution is 2.13. The van der Waals surface area contributed by atoms with Crippen LogP contribution in [0, 0.1) is 0 Å². The van der Waals surface area contributed by atoms with Crippen molar-refractivity contribution in [2.24, 2.45) is 0 Å². The van der Waals surface area contributed by atoms with Crippen LogP contribution in [-0.4, -0.2) is 28.3 Å². The molecule has 15 heavy (non-hydrogen) atoms. The van der Waals surface area contributed by atoms with Gasteiger partial charge in [-0.1, -0.05) is 0 Å². The van der Waals surface area contributed by atoms with E-state index in [9.17, 15) is 13.6 Å². The third-order valence-corrected chi connectivity index (χ3v) is 1.46. The molecule has 0 radical (unpaired) electrons. The number of ether oxygens (including phenoxy) is 1. The minimum Gasteiger partial charge on any atom is -0.470 e. The number of hydrogen-bond acceptors (Lipinski definition) is 4. The van der Waals surface area contributed by atoms with E-state index < -0.39 is 12.5 Å². The molecule has 0 aliphatic heterocycles. The number of rotatable bonds is 4. The maximum Gasteiger partial charge on any atom is 0.278 e. The number of halogens is 2. The summed E-state index contributed by atoms with van der Waals surface area (Å²) in [7, 11) is 0. The number of carbonyl (C=O) groups is 1. The molecule has 0 amide bonds. The second-order valence-electron chi connectivity index (χ2n) is 3.15. The van der Waals surface area contributed by atoms with Gasteiger partial charge in [-0.2, -0.15) is 0 Å². The smallest absolute Gasteiger partial charge is 0.278 e. The van der Waals surface area contributed by atoms with Crippen LogP contribution in [-0.2, 0) is 0 Å². The molecule has 0 saturated heterocycles. The minimum absolute atomic E-state index is 0.0264. The van der Waals surface area contributed by atoms with Crippen LogP contribution in [0.25, 0.3) is 0 Å². The number of ketones is 1. The largest absolute Gasteiger partial charge is 0.470 e. The van der Waals surface area contributed by atoms with Crippen LogP contribution in [0.3, 0.4) is 0 Å². The Morgan fingerprint density at radius 2 is 2.13 bits per heavy atom. The normalized spacial score (nSPS) is 11.2. The van der Waals surface area contributed by atoms with Crippen LogP contribution >= 0.6 is 0 Å². The lowest BCUT2D eigenvalue weighted by Gasteiger charge is -2.10. The Kier molecular flexibility index (Phi) is 3.28. The Hall–Kier alpha value is -1.59. The van der Waals surface area contributed by atoms with Crippen molar-refractivity contribution in [3.63, 3.8) is 0 Å². The lowest BCUT2D eigenvalue weighted by Crippen LogP contribution is -2.21. The molecule has 1 aromatic heterocycles. The summed E-state index contributed by atoms with van der Waals surface area (Å²) in [4.78, 5) is 18.2. The molecule has 0 bridgehead atoms. The van der Waals surface area contributed by atoms with Crippen LogP contribution in [0.15, 0.2) is 12.4 Å². The fourth-order valence-electron chi connectivity index (χ4n) is 0.773. The van der Waals surface area contributed by atoms with Gasteiger partial charge in [0, 0.05) is 13.8 Å². The highest BCUT2D eigenvalue weighted by molar-refractivity contribution is 5.91. The molecule has 0 spiro atoms. The number of carbonyl (C=O) groups excluding carboxylic acids is 1. The van der Waals surface area contributed by atoms with Crippen LogP contribution in [0.1, 0.15) is 24.3 Å². The summed E-state index contributed by atoms with van der Waals surface area (Å²) < 4.78 is 29.4. The Morgan fingerprint density at radius 1 is 1.47 bits per heavy atom. The van der Waals surface area contributed by atoms with Crippen molar-refractivity contribution in [2.45, 2.75) is 19.8 Å². The van der Waals surface area contributed by atoms with Gasteiger partial charge in [-0.25, -0.2) is 18.7 Å². The van der Waals surface area contributed by atoms with E-state index in [1.807, 2.05) is 0 Å². The molecule has 4 nitrogen and oxygen atoms in total. The molecule has 1 rings (SSSR count). The van der Waals surface area contributed by atoms with Crippen molar-refractivity contribution in [3.8, 4) is 5.88 Å². The zero-order valence-electron chi connectivity index (χ0n) is 8.33. The van der Waals surface area contributed by atoms with Crippen LogP contribution in [0.2, 0.25) is 0 Å². The number of hydrogen-bond donors (Lipinski definition) is 0. The Balaban J connectivity index is 2.61. The first-order valence-electron chi connectivity index (χ1n) is 4.22. The minimum atomic E-state index is -2.92. The maximum atomic E-state index is 12.4. The van der Waals surface area contributed by atoms with Gasteiger partial charge in [0.05, 0.1) is 12.4 Å². The molecule has 0 aromatic carbocycles. The summed E-state index contributed by atoms with van der Waals surface area (Å²) in [6.07, 6.45) is 2.33. The summed E-state index contributed by atoms with van der Waals surface area (Å²) in [6, 6.07) is 0. The zero-order valence-corrected chi connectivity index (χ0v) is 8.33. The molecule has 0 N–H and O–H groups in total. The molecule has 0 aliphatic rings. The summed E-state index contributed by atoms with van der Waals surface area (Å²) in [5.74, 6) is -3.18. The van der Waals surface area contributed by atoms with Crippen LogP contribution < -0.4 is 4.74 Å². The van der Waals surface area contributed by atoms with Crippen molar-refractivity contribution in [3.05, 3.63) is 18.1 Å². The molecule has 0 fully saturated rings. The summed E-state index contributed by atoms with van der Waals surface area (Å²) >= 11 is 0. The molecule has 1 heterocycles. The molecule has 0 aliphatic carbocycles. The fourth-order valence-corrected chi connectivity index (χ4v) is 0.773. The van der Waals surface area contributed by atoms with Gasteiger partial charge in [0.2, 0.25) is 5.88 Å². The molecule has 0 unspecified atom stereocenters. The second kappa shape index (κ2) is 4.29. The number of aromatic nitrogens is 2. The first-order valence-corrected chi connectivity index (χ1v) is 4.22. The van der Waals surface area contributed by atoms with Gasteiger partial charge in [-0.3, -0.25) is 4.79 Å². The molecule has 1 aromatic rings. The van der Waals surface area contributed by atoms with E-state index in [0.717, 1.165) is 13.1 Å². The highest BCUT2D eigenvalue weighted by atomic mass is 19.3. The van der Waals surface area contributed by atoms with Gasteiger partial charge in [0.25, 0.3) is 5.92 Å². The molecule has 6 heteroatoms. The van der Waals surface area contributed by atoms with Crippen molar-refractivity contribution in [1.29, 1.82) is 0 Å². The Labute approximate surface area is 85.3 Å². The van der Waals surface area contributed by atoms with E-state index in [1.165, 1.54) is 13.1 Å². The van der Waals surface area contributed by atoms with E-state index in [2.05, 4.69) is 14.7 Å². The van der Waals surface area contributed by atoms with E-state index in [-0.39, 0.29) is 17.4 Å². The van der Waals surface area contributed by atoms with Gasteiger partial charge in [-0.05, 0) is 0 Å². The van der Waals surface area contributed by atoms with E-state index >= 15 is 0 Å². The van der Waals surface area contributed by atoms with Gasteiger partial charge in [0.1, 0.15) is 5.69 Å². The lowest BCUT2D eigenvalue weighted by atomic mass is 10.3. The predicted molar refractivity (Wildman–Crippen MR) is 48.2 cm³/mol. The van der Waals surface area contributed by atoms with Crippen molar-refractivity contribution in [1.82, 2.24) is 9.97 Å². The number of nitrogens with zero attached hydrogens (tertiary/aromatic N) is 2. The SMILES string of the molecule is CC(=O)c1cnc(OCC(C)(F)F)cn1. The van der Waals surface area contributed by atoms with E-state index in [1.54, 1.807) is 0 Å². The van der Waals surface area contributed by atoms with Crippen molar-refractivity contribution >= 4 is 5.78 Å². The molecular formula is C9H10F2N2O2. The van der Waals surface area contributed by atoms with Crippen LogP contribution in [0.5, 0.6) is 5.88 Å². The predicted octanol–water partition coefficient (Wildman–Crippen LogP) is 1.71. The summed E-state index contributed by atoms with van der Waals surface area (Å²) in [6.45, 7) is 1.32. The highest BCUT2D eigenvalue weighted by Gasteiger charge is 2.22. The van der Waals surface area contributed by atoms with Crippen molar-refractivity contribution in [2.75, 3.05) is 6.61 Å². The first-order chi connectivity index (χ1) is 6.88. The van der Waals surface area contributed by atoms with Gasteiger partial charge in [-0.15, -0.1) is 0 Å². The number of Topliss-reactive ketones (excluding diaryl/α,β-unsaturated/α-hetero) is 1. The quantitative estimate of drug-likeness (QED) is 0.719. The first kappa shape index (κ1) is 11.5. The monoisotopic (exact) mass is 216 g/mol. The zero-order chi connectivity index (χ0) is 11.5. The average Bonchev–Trinajstić information content (AvgIpc) is 2.14. The summed E-state index contributed by atoms with van der Waals surface area (Å²) in [5, 5.41) is 0. The molecule has 0 saturated carbocycles. The lowest BCUT2D eigenvalue weighted by molar-refractivity contribution is -0.0243. The van der Waals surface area contributed by atoms with E-state index in [0.29, 0.717) is 0 Å². The summed E-state index contributed by atoms with van der Waals surface area (Å²) in [5.41, 5.74) is 0.172. The average molecular weight is 216 g/mol. The number of alkyl halides is 2. The fraction of sp³-hybridized carbons (Fsp3) is 0.444. The second-order valence-corrected chi connectivity index (χ2v) is 3.15. The third-order valence-electron chi connectivity index (χ3n) is 1.46. The van der Waals surface area contributed by atoms with Gasteiger partial charge in [0.15, 0.2) is 12.4 Å².